The van der Waals surface area contributed by atoms with Crippen LogP contribution in [0.3, 0.4) is 0 Å². The number of hydrogen-bond donors (Lipinski definition) is 1. The molecule has 0 bridgehead atoms. The molecule has 2 rings (SSSR count). The Balaban J connectivity index is 2.14. The second-order valence-electron chi connectivity index (χ2n) is 4.08. The van der Waals surface area contributed by atoms with Gasteiger partial charge in [0, 0.05) is 12.3 Å². The first kappa shape index (κ1) is 11.4. The third kappa shape index (κ3) is 2.93. The van der Waals surface area contributed by atoms with Crippen LogP contribution in [0.2, 0.25) is 0 Å². The maximum absolute atomic E-state index is 5.56. The summed E-state index contributed by atoms with van der Waals surface area (Å²) in [6.07, 6.45) is 1.57. The molecule has 0 aliphatic rings. The molecule has 0 unspecified atom stereocenters. The van der Waals surface area contributed by atoms with E-state index in [1.165, 1.54) is 5.56 Å². The minimum atomic E-state index is 0.210. The molecule has 1 heterocycles. The lowest BCUT2D eigenvalue weighted by Crippen LogP contribution is -1.96. The van der Waals surface area contributed by atoms with Crippen molar-refractivity contribution in [1.82, 2.24) is 9.97 Å². The van der Waals surface area contributed by atoms with Gasteiger partial charge in [0.15, 0.2) is 0 Å². The van der Waals surface area contributed by atoms with Crippen molar-refractivity contribution in [1.29, 1.82) is 0 Å². The van der Waals surface area contributed by atoms with E-state index in [2.05, 4.69) is 23.8 Å². The van der Waals surface area contributed by atoms with Gasteiger partial charge in [-0.15, -0.1) is 0 Å². The average Bonchev–Trinajstić information content (AvgIpc) is 2.29. The first-order chi connectivity index (χ1) is 8.15. The molecule has 0 aliphatic carbocycles. The number of ether oxygens (including phenoxy) is 1. The summed E-state index contributed by atoms with van der Waals surface area (Å²) in [6, 6.07) is 9.61. The van der Waals surface area contributed by atoms with E-state index in [4.69, 9.17) is 10.5 Å². The summed E-state index contributed by atoms with van der Waals surface area (Å²) in [5.41, 5.74) is 6.75. The Hall–Kier alpha value is -2.10. The van der Waals surface area contributed by atoms with Gasteiger partial charge in [-0.3, -0.25) is 0 Å². The molecule has 0 spiro atoms. The minimum absolute atomic E-state index is 0.210. The second-order valence-corrected chi connectivity index (χ2v) is 4.08. The zero-order valence-electron chi connectivity index (χ0n) is 9.92. The smallest absolute Gasteiger partial charge is 0.224 e. The Morgan fingerprint density at radius 3 is 2.41 bits per heavy atom. The third-order valence-electron chi connectivity index (χ3n) is 2.42. The van der Waals surface area contributed by atoms with Gasteiger partial charge < -0.3 is 10.5 Å². The molecular formula is C13H15N3O. The normalized spacial score (nSPS) is 10.5. The van der Waals surface area contributed by atoms with Crippen molar-refractivity contribution >= 4 is 5.95 Å². The number of benzene rings is 1. The van der Waals surface area contributed by atoms with Crippen LogP contribution in [-0.2, 0) is 0 Å². The zero-order valence-corrected chi connectivity index (χ0v) is 9.92. The fourth-order valence-electron chi connectivity index (χ4n) is 1.45. The molecular weight excluding hydrogens is 214 g/mol. The molecule has 17 heavy (non-hydrogen) atoms. The Bertz CT molecular complexity index is 494. The van der Waals surface area contributed by atoms with Crippen molar-refractivity contribution in [3.8, 4) is 11.6 Å². The Kier molecular flexibility index (Phi) is 3.23. The van der Waals surface area contributed by atoms with Crippen LogP contribution < -0.4 is 10.5 Å². The highest BCUT2D eigenvalue weighted by Crippen LogP contribution is 2.22. The van der Waals surface area contributed by atoms with E-state index in [-0.39, 0.29) is 5.95 Å². The summed E-state index contributed by atoms with van der Waals surface area (Å²) < 4.78 is 5.56. The van der Waals surface area contributed by atoms with Crippen LogP contribution in [0.1, 0.15) is 25.3 Å². The van der Waals surface area contributed by atoms with Crippen molar-refractivity contribution < 1.29 is 4.74 Å². The maximum Gasteiger partial charge on any atom is 0.224 e. The predicted molar refractivity (Wildman–Crippen MR) is 67.0 cm³/mol. The Morgan fingerprint density at radius 2 is 1.82 bits per heavy atom. The van der Waals surface area contributed by atoms with Crippen molar-refractivity contribution in [2.24, 2.45) is 0 Å². The summed E-state index contributed by atoms with van der Waals surface area (Å²) in [6.45, 7) is 4.31. The lowest BCUT2D eigenvalue weighted by atomic mass is 10.0. The number of nitrogen functional groups attached to an aromatic ring is 1. The largest absolute Gasteiger partial charge is 0.439 e. The van der Waals surface area contributed by atoms with Gasteiger partial charge in [-0.25, -0.2) is 4.98 Å². The first-order valence-electron chi connectivity index (χ1n) is 5.51. The fraction of sp³-hybridized carbons (Fsp3) is 0.231. The highest BCUT2D eigenvalue weighted by atomic mass is 16.5. The number of anilines is 1. The molecule has 88 valence electrons. The number of rotatable bonds is 3. The van der Waals surface area contributed by atoms with E-state index in [0.29, 0.717) is 11.8 Å². The topological polar surface area (TPSA) is 61.0 Å². The summed E-state index contributed by atoms with van der Waals surface area (Å²) in [4.78, 5) is 7.78. The summed E-state index contributed by atoms with van der Waals surface area (Å²) >= 11 is 0. The molecule has 0 saturated carbocycles. The molecule has 0 aliphatic heterocycles. The Morgan fingerprint density at radius 1 is 1.12 bits per heavy atom. The van der Waals surface area contributed by atoms with Gasteiger partial charge in [-0.2, -0.15) is 4.98 Å². The van der Waals surface area contributed by atoms with Crippen LogP contribution in [0.4, 0.5) is 5.95 Å². The number of aromatic nitrogens is 2. The van der Waals surface area contributed by atoms with E-state index in [1.807, 2.05) is 24.3 Å². The fourth-order valence-corrected chi connectivity index (χ4v) is 1.45. The van der Waals surface area contributed by atoms with Gasteiger partial charge in [0.2, 0.25) is 11.8 Å². The number of hydrogen-bond acceptors (Lipinski definition) is 4. The van der Waals surface area contributed by atoms with Crippen molar-refractivity contribution in [3.63, 3.8) is 0 Å². The molecule has 0 saturated heterocycles. The SMILES string of the molecule is CC(C)c1ccc(Oc2ccnc(N)n2)cc1. The first-order valence-corrected chi connectivity index (χ1v) is 5.51. The highest BCUT2D eigenvalue weighted by molar-refractivity contribution is 5.32. The van der Waals surface area contributed by atoms with Crippen LogP contribution in [0.15, 0.2) is 36.5 Å². The molecule has 1 aromatic heterocycles. The monoisotopic (exact) mass is 229 g/mol. The van der Waals surface area contributed by atoms with E-state index in [1.54, 1.807) is 12.3 Å². The van der Waals surface area contributed by atoms with Crippen LogP contribution in [0, 0.1) is 0 Å². The van der Waals surface area contributed by atoms with Gasteiger partial charge in [0.25, 0.3) is 0 Å². The molecule has 4 nitrogen and oxygen atoms in total. The van der Waals surface area contributed by atoms with Gasteiger partial charge in [-0.1, -0.05) is 26.0 Å². The van der Waals surface area contributed by atoms with E-state index < -0.39 is 0 Å². The van der Waals surface area contributed by atoms with Gasteiger partial charge in [0.1, 0.15) is 5.75 Å². The highest BCUT2D eigenvalue weighted by Gasteiger charge is 2.02. The number of nitrogens with two attached hydrogens (primary N) is 1. The minimum Gasteiger partial charge on any atom is -0.439 e. The molecule has 0 fully saturated rings. The summed E-state index contributed by atoms with van der Waals surface area (Å²) in [5.74, 6) is 1.92. The lowest BCUT2D eigenvalue weighted by Gasteiger charge is -2.07. The standard InChI is InChI=1S/C13H15N3O/c1-9(2)10-3-5-11(6-4-10)17-12-7-8-15-13(14)16-12/h3-9H,1-2H3,(H2,14,15,16). The van der Waals surface area contributed by atoms with Crippen molar-refractivity contribution in [3.05, 3.63) is 42.1 Å². The van der Waals surface area contributed by atoms with Gasteiger partial charge in [0.05, 0.1) is 0 Å². The number of nitrogens with zero attached hydrogens (tertiary/aromatic N) is 2. The zero-order chi connectivity index (χ0) is 12.3. The van der Waals surface area contributed by atoms with Gasteiger partial charge in [-0.05, 0) is 23.6 Å². The van der Waals surface area contributed by atoms with Crippen LogP contribution in [0.25, 0.3) is 0 Å². The maximum atomic E-state index is 5.56. The molecule has 0 atom stereocenters. The molecule has 1 aromatic carbocycles. The van der Waals surface area contributed by atoms with Crippen LogP contribution in [0.5, 0.6) is 11.6 Å². The molecule has 2 aromatic rings. The van der Waals surface area contributed by atoms with E-state index in [0.717, 1.165) is 5.75 Å². The average molecular weight is 229 g/mol. The van der Waals surface area contributed by atoms with Crippen molar-refractivity contribution in [2.45, 2.75) is 19.8 Å². The Labute approximate surface area is 100 Å². The second kappa shape index (κ2) is 4.82. The summed E-state index contributed by atoms with van der Waals surface area (Å²) in [7, 11) is 0. The quantitative estimate of drug-likeness (QED) is 0.878. The molecule has 2 N–H and O–H groups in total. The van der Waals surface area contributed by atoms with Crippen LogP contribution >= 0.6 is 0 Å². The van der Waals surface area contributed by atoms with Gasteiger partial charge >= 0.3 is 0 Å². The van der Waals surface area contributed by atoms with E-state index in [9.17, 15) is 0 Å². The molecule has 0 radical (unpaired) electrons. The molecule has 0 amide bonds. The molecule has 4 heteroatoms. The third-order valence-corrected chi connectivity index (χ3v) is 2.42. The van der Waals surface area contributed by atoms with Crippen LogP contribution in [-0.4, -0.2) is 9.97 Å². The van der Waals surface area contributed by atoms with Crippen molar-refractivity contribution in [2.75, 3.05) is 5.73 Å². The predicted octanol–water partition coefficient (Wildman–Crippen LogP) is 2.97. The van der Waals surface area contributed by atoms with E-state index >= 15 is 0 Å². The summed E-state index contributed by atoms with van der Waals surface area (Å²) in [5, 5.41) is 0. The lowest BCUT2D eigenvalue weighted by molar-refractivity contribution is 0.462.